The second-order valence-corrected chi connectivity index (χ2v) is 6.96. The van der Waals surface area contributed by atoms with Crippen LogP contribution >= 0.6 is 23.2 Å². The van der Waals surface area contributed by atoms with Gasteiger partial charge in [-0.1, -0.05) is 23.2 Å². The molecule has 1 aromatic heterocycles. The van der Waals surface area contributed by atoms with Gasteiger partial charge < -0.3 is 15.0 Å². The number of piperidine rings is 1. The number of hydrogen-bond acceptors (Lipinski definition) is 3. The van der Waals surface area contributed by atoms with Gasteiger partial charge in [0.2, 0.25) is 0 Å². The van der Waals surface area contributed by atoms with Gasteiger partial charge in [-0.2, -0.15) is 5.10 Å². The molecular weight excluding hydrogens is 363 g/mol. The second kappa shape index (κ2) is 8.45. The number of carbonyl (C=O) groups is 1. The van der Waals surface area contributed by atoms with Crippen LogP contribution < -0.4 is 10.1 Å². The summed E-state index contributed by atoms with van der Waals surface area (Å²) in [6, 6.07) is 6.98. The Kier molecular flexibility index (Phi) is 6.04. The maximum atomic E-state index is 12.2. The molecule has 1 aliphatic heterocycles. The van der Waals surface area contributed by atoms with Crippen LogP contribution in [0, 0.1) is 5.92 Å². The van der Waals surface area contributed by atoms with Crippen LogP contribution in [0.15, 0.2) is 30.5 Å². The van der Waals surface area contributed by atoms with E-state index in [4.69, 9.17) is 27.9 Å². The summed E-state index contributed by atoms with van der Waals surface area (Å²) in [5, 5.41) is 10.7. The van der Waals surface area contributed by atoms with E-state index in [1.165, 1.54) is 0 Å². The largest absolute Gasteiger partial charge is 0.493 e. The maximum Gasteiger partial charge on any atom is 0.317 e. The van der Waals surface area contributed by atoms with Crippen molar-refractivity contribution < 1.29 is 9.53 Å². The summed E-state index contributed by atoms with van der Waals surface area (Å²) in [5.74, 6) is 1.09. The lowest BCUT2D eigenvalue weighted by Gasteiger charge is -2.31. The number of rotatable bonds is 5. The number of H-pyrrole nitrogens is 1. The van der Waals surface area contributed by atoms with Gasteiger partial charge in [-0.05, 0) is 43.0 Å². The molecule has 3 rings (SSSR count). The van der Waals surface area contributed by atoms with Gasteiger partial charge in [0.25, 0.3) is 0 Å². The summed E-state index contributed by atoms with van der Waals surface area (Å²) in [4.78, 5) is 14.0. The predicted octanol–water partition coefficient (Wildman–Crippen LogP) is 3.72. The SMILES string of the molecule is O=C(NCc1ccn[nH]1)N1CCC(COc2cc(Cl)cc(Cl)c2)CC1. The van der Waals surface area contributed by atoms with Gasteiger partial charge in [0.1, 0.15) is 5.75 Å². The normalized spacial score (nSPS) is 15.2. The Labute approximate surface area is 156 Å². The zero-order valence-electron chi connectivity index (χ0n) is 13.7. The molecule has 1 aromatic carbocycles. The molecule has 0 bridgehead atoms. The molecule has 0 atom stereocenters. The number of halogens is 2. The third-order valence-corrected chi connectivity index (χ3v) is 4.65. The van der Waals surface area contributed by atoms with E-state index in [1.54, 1.807) is 24.4 Å². The van der Waals surface area contributed by atoms with Crippen molar-refractivity contribution in [2.45, 2.75) is 19.4 Å². The summed E-state index contributed by atoms with van der Waals surface area (Å²) in [5.41, 5.74) is 0.886. The Hall–Kier alpha value is -1.92. The first kappa shape index (κ1) is 17.9. The van der Waals surface area contributed by atoms with Crippen LogP contribution in [0.1, 0.15) is 18.5 Å². The molecule has 0 aliphatic carbocycles. The van der Waals surface area contributed by atoms with Gasteiger partial charge in [-0.15, -0.1) is 0 Å². The highest BCUT2D eigenvalue weighted by molar-refractivity contribution is 6.34. The molecule has 8 heteroatoms. The van der Waals surface area contributed by atoms with E-state index in [0.717, 1.165) is 31.6 Å². The Morgan fingerprint density at radius 3 is 2.64 bits per heavy atom. The van der Waals surface area contributed by atoms with E-state index < -0.39 is 0 Å². The van der Waals surface area contributed by atoms with Gasteiger partial charge in [0, 0.05) is 29.3 Å². The third-order valence-electron chi connectivity index (χ3n) is 4.21. The summed E-state index contributed by atoms with van der Waals surface area (Å²) >= 11 is 11.9. The highest BCUT2D eigenvalue weighted by Gasteiger charge is 2.23. The fraction of sp³-hybridized carbons (Fsp3) is 0.412. The molecule has 0 unspecified atom stereocenters. The average Bonchev–Trinajstić information content (AvgIpc) is 3.11. The van der Waals surface area contributed by atoms with Crippen molar-refractivity contribution in [3.05, 3.63) is 46.2 Å². The topological polar surface area (TPSA) is 70.2 Å². The maximum absolute atomic E-state index is 12.2. The third kappa shape index (κ3) is 5.28. The molecule has 6 nitrogen and oxygen atoms in total. The number of carbonyl (C=O) groups excluding carboxylic acids is 1. The lowest BCUT2D eigenvalue weighted by atomic mass is 9.98. The summed E-state index contributed by atoms with van der Waals surface area (Å²) in [6.07, 6.45) is 3.48. The molecule has 2 aromatic rings. The van der Waals surface area contributed by atoms with Crippen molar-refractivity contribution in [3.8, 4) is 5.75 Å². The predicted molar refractivity (Wildman–Crippen MR) is 97.1 cm³/mol. The molecule has 1 saturated heterocycles. The van der Waals surface area contributed by atoms with E-state index in [-0.39, 0.29) is 6.03 Å². The van der Waals surface area contributed by atoms with Gasteiger partial charge in [0.05, 0.1) is 18.8 Å². The molecule has 1 fully saturated rings. The molecule has 0 radical (unpaired) electrons. The Bertz CT molecular complexity index is 680. The number of likely N-dealkylation sites (tertiary alicyclic amines) is 1. The zero-order valence-corrected chi connectivity index (χ0v) is 15.2. The van der Waals surface area contributed by atoms with Gasteiger partial charge in [-0.25, -0.2) is 4.79 Å². The molecular formula is C17H20Cl2N4O2. The van der Waals surface area contributed by atoms with Crippen LogP contribution in [-0.2, 0) is 6.54 Å². The van der Waals surface area contributed by atoms with Crippen molar-refractivity contribution in [1.82, 2.24) is 20.4 Å². The van der Waals surface area contributed by atoms with Gasteiger partial charge in [-0.3, -0.25) is 5.10 Å². The van der Waals surface area contributed by atoms with Crippen molar-refractivity contribution in [1.29, 1.82) is 0 Å². The highest BCUT2D eigenvalue weighted by Crippen LogP contribution is 2.26. The van der Waals surface area contributed by atoms with Crippen LogP contribution in [0.25, 0.3) is 0 Å². The standard InChI is InChI=1S/C17H20Cl2N4O2/c18-13-7-14(19)9-16(8-13)25-11-12-2-5-23(6-3-12)17(24)20-10-15-1-4-21-22-15/h1,4,7-9,12H,2-3,5-6,10-11H2,(H,20,24)(H,21,22). The Morgan fingerprint density at radius 2 is 2.00 bits per heavy atom. The fourth-order valence-electron chi connectivity index (χ4n) is 2.79. The lowest BCUT2D eigenvalue weighted by Crippen LogP contribution is -2.44. The minimum absolute atomic E-state index is 0.0457. The van der Waals surface area contributed by atoms with Crippen molar-refractivity contribution >= 4 is 29.2 Å². The number of nitrogens with one attached hydrogen (secondary N) is 2. The number of nitrogens with zero attached hydrogens (tertiary/aromatic N) is 2. The molecule has 25 heavy (non-hydrogen) atoms. The van der Waals surface area contributed by atoms with Crippen LogP contribution in [0.4, 0.5) is 4.79 Å². The summed E-state index contributed by atoms with van der Waals surface area (Å²) in [6.45, 7) is 2.50. The highest BCUT2D eigenvalue weighted by atomic mass is 35.5. The van der Waals surface area contributed by atoms with Crippen LogP contribution in [-0.4, -0.2) is 40.8 Å². The van der Waals surface area contributed by atoms with Crippen molar-refractivity contribution in [2.24, 2.45) is 5.92 Å². The molecule has 2 amide bonds. The Morgan fingerprint density at radius 1 is 1.28 bits per heavy atom. The number of aromatic nitrogens is 2. The molecule has 2 N–H and O–H groups in total. The molecule has 0 saturated carbocycles. The Balaban J connectivity index is 1.40. The summed E-state index contributed by atoms with van der Waals surface area (Å²) < 4.78 is 5.80. The number of ether oxygens (including phenoxy) is 1. The van der Waals surface area contributed by atoms with E-state index in [1.807, 2.05) is 11.0 Å². The van der Waals surface area contributed by atoms with Crippen LogP contribution in [0.5, 0.6) is 5.75 Å². The smallest absolute Gasteiger partial charge is 0.317 e. The monoisotopic (exact) mass is 382 g/mol. The number of aromatic amines is 1. The fourth-order valence-corrected chi connectivity index (χ4v) is 3.30. The van der Waals surface area contributed by atoms with Crippen molar-refractivity contribution in [2.75, 3.05) is 19.7 Å². The number of benzene rings is 1. The first-order valence-electron chi connectivity index (χ1n) is 8.20. The minimum Gasteiger partial charge on any atom is -0.493 e. The zero-order chi connectivity index (χ0) is 17.6. The van der Waals surface area contributed by atoms with Gasteiger partial charge >= 0.3 is 6.03 Å². The average molecular weight is 383 g/mol. The first-order valence-corrected chi connectivity index (χ1v) is 8.95. The minimum atomic E-state index is -0.0457. The van der Waals surface area contributed by atoms with E-state index >= 15 is 0 Å². The quantitative estimate of drug-likeness (QED) is 0.827. The first-order chi connectivity index (χ1) is 12.1. The number of urea groups is 1. The number of hydrogen-bond donors (Lipinski definition) is 2. The van der Waals surface area contributed by atoms with Gasteiger partial charge in [0.15, 0.2) is 0 Å². The van der Waals surface area contributed by atoms with E-state index in [0.29, 0.717) is 34.9 Å². The molecule has 1 aliphatic rings. The molecule has 0 spiro atoms. The molecule has 2 heterocycles. The summed E-state index contributed by atoms with van der Waals surface area (Å²) in [7, 11) is 0. The van der Waals surface area contributed by atoms with Crippen molar-refractivity contribution in [3.63, 3.8) is 0 Å². The van der Waals surface area contributed by atoms with E-state index in [9.17, 15) is 4.79 Å². The molecule has 134 valence electrons. The lowest BCUT2D eigenvalue weighted by molar-refractivity contribution is 0.145. The number of amides is 2. The van der Waals surface area contributed by atoms with E-state index in [2.05, 4.69) is 15.5 Å². The van der Waals surface area contributed by atoms with Crippen LogP contribution in [0.2, 0.25) is 10.0 Å². The van der Waals surface area contributed by atoms with Crippen LogP contribution in [0.3, 0.4) is 0 Å². The second-order valence-electron chi connectivity index (χ2n) is 6.09.